The third-order valence-electron chi connectivity index (χ3n) is 5.54. The van der Waals surface area contributed by atoms with Crippen LogP contribution >= 0.6 is 95.6 Å². The number of hydrogen-bond donors (Lipinski definition) is 0. The molecule has 0 aliphatic carbocycles. The number of hydrogen-bond acceptors (Lipinski definition) is 4. The fourth-order valence-electron chi connectivity index (χ4n) is 3.65. The van der Waals surface area contributed by atoms with Crippen LogP contribution in [0.1, 0.15) is 52.7 Å². The van der Waals surface area contributed by atoms with E-state index in [1.165, 1.54) is 0 Å². The van der Waals surface area contributed by atoms with Crippen molar-refractivity contribution in [2.24, 2.45) is 0 Å². The topological polar surface area (TPSA) is 36.9 Å². The van der Waals surface area contributed by atoms with Gasteiger partial charge in [0.2, 0.25) is 0 Å². The molecule has 0 amide bonds. The van der Waals surface area contributed by atoms with Gasteiger partial charge in [-0.15, -0.1) is 0 Å². The highest BCUT2D eigenvalue weighted by molar-refractivity contribution is 9.11. The minimum Gasteiger partial charge on any atom is -0.488 e. The predicted molar refractivity (Wildman–Crippen MR) is 174 cm³/mol. The summed E-state index contributed by atoms with van der Waals surface area (Å²) in [6.07, 6.45) is 0.200. The first-order valence-electron chi connectivity index (χ1n) is 12.0. The Hall–Kier alpha value is 0.840. The molecule has 10 heteroatoms. The smallest absolute Gasteiger partial charge is 0.147 e. The van der Waals surface area contributed by atoms with Gasteiger partial charge in [0.25, 0.3) is 0 Å². The van der Waals surface area contributed by atoms with Gasteiger partial charge in [0.1, 0.15) is 36.9 Å². The Morgan fingerprint density at radius 3 is 1.16 bits per heavy atom. The van der Waals surface area contributed by atoms with Gasteiger partial charge in [-0.1, -0.05) is 45.7 Å². The van der Waals surface area contributed by atoms with Gasteiger partial charge < -0.3 is 18.9 Å². The first kappa shape index (κ1) is 34.0. The third-order valence-corrected chi connectivity index (χ3v) is 9.34. The van der Waals surface area contributed by atoms with Crippen LogP contribution in [0.3, 0.4) is 0 Å². The zero-order valence-electron chi connectivity index (χ0n) is 21.8. The Balaban J connectivity index is 2.26. The minimum atomic E-state index is -0.300. The van der Waals surface area contributed by atoms with E-state index in [1.807, 2.05) is 27.7 Å². The van der Waals surface area contributed by atoms with E-state index in [1.54, 1.807) is 0 Å². The maximum Gasteiger partial charge on any atom is 0.147 e. The number of alkyl halides is 2. The summed E-state index contributed by atoms with van der Waals surface area (Å²) in [6, 6.07) is 8.45. The molecule has 0 saturated carbocycles. The highest BCUT2D eigenvalue weighted by Gasteiger charge is 2.28. The molecule has 0 aromatic heterocycles. The normalized spacial score (nSPS) is 13.8. The lowest BCUT2D eigenvalue weighted by Crippen LogP contribution is -2.27. The van der Waals surface area contributed by atoms with E-state index in [9.17, 15) is 0 Å². The lowest BCUT2D eigenvalue weighted by Gasteiger charge is -2.29. The Labute approximate surface area is 272 Å². The number of ether oxygens (including phenoxy) is 4. The summed E-state index contributed by atoms with van der Waals surface area (Å²) in [4.78, 5) is 0. The van der Waals surface area contributed by atoms with Gasteiger partial charge in [-0.25, -0.2) is 0 Å². The van der Waals surface area contributed by atoms with Crippen molar-refractivity contribution in [3.63, 3.8) is 0 Å². The average molecular weight is 902 g/mol. The molecule has 0 aliphatic heterocycles. The molecule has 4 nitrogen and oxygen atoms in total. The SMILES string of the molecule is CC(C)OC(CBr)COc1c(Br)cc(C(C)(C)c2cc(Br)c(OCC(CBr)OC(C)C)c(Br)c2)cc1Br. The lowest BCUT2D eigenvalue weighted by atomic mass is 9.78. The fourth-order valence-corrected chi connectivity index (χ4v) is 7.16. The highest BCUT2D eigenvalue weighted by atomic mass is 79.9. The van der Waals surface area contributed by atoms with E-state index < -0.39 is 0 Å². The van der Waals surface area contributed by atoms with Gasteiger partial charge in [-0.3, -0.25) is 0 Å². The molecule has 2 aromatic carbocycles. The molecule has 0 saturated heterocycles. The predicted octanol–water partition coefficient (Wildman–Crippen LogP) is 10.2. The fraction of sp³-hybridized carbons (Fsp3) is 0.556. The van der Waals surface area contributed by atoms with Gasteiger partial charge >= 0.3 is 0 Å². The molecule has 0 aliphatic rings. The molecular weight excluding hydrogens is 868 g/mol. The molecule has 208 valence electrons. The Kier molecular flexibility index (Phi) is 14.5. The monoisotopic (exact) mass is 896 g/mol. The summed E-state index contributed by atoms with van der Waals surface area (Å²) in [5, 5.41) is 1.41. The Morgan fingerprint density at radius 2 is 0.919 bits per heavy atom. The Bertz CT molecular complexity index is 902. The van der Waals surface area contributed by atoms with Crippen LogP contribution in [0.5, 0.6) is 11.5 Å². The summed E-state index contributed by atoms with van der Waals surface area (Å²) in [6.45, 7) is 13.4. The summed E-state index contributed by atoms with van der Waals surface area (Å²) < 4.78 is 27.6. The molecule has 0 heterocycles. The molecule has 2 rings (SSSR count). The van der Waals surface area contributed by atoms with Crippen molar-refractivity contribution in [1.29, 1.82) is 0 Å². The van der Waals surface area contributed by atoms with Crippen LogP contribution in [0.2, 0.25) is 0 Å². The van der Waals surface area contributed by atoms with Crippen molar-refractivity contribution in [2.45, 2.75) is 71.4 Å². The first-order chi connectivity index (χ1) is 17.3. The van der Waals surface area contributed by atoms with E-state index in [0.717, 1.165) is 40.5 Å². The second-order valence-electron chi connectivity index (χ2n) is 9.71. The zero-order valence-corrected chi connectivity index (χ0v) is 31.4. The van der Waals surface area contributed by atoms with E-state index >= 15 is 0 Å². The van der Waals surface area contributed by atoms with Crippen molar-refractivity contribution in [2.75, 3.05) is 23.9 Å². The molecule has 2 atom stereocenters. The van der Waals surface area contributed by atoms with Crippen LogP contribution in [0, 0.1) is 0 Å². The van der Waals surface area contributed by atoms with Gasteiger partial charge in [0.15, 0.2) is 0 Å². The maximum atomic E-state index is 6.13. The van der Waals surface area contributed by atoms with Gasteiger partial charge in [-0.2, -0.15) is 0 Å². The van der Waals surface area contributed by atoms with Crippen molar-refractivity contribution in [3.05, 3.63) is 53.3 Å². The number of rotatable bonds is 14. The molecule has 0 fully saturated rings. The van der Waals surface area contributed by atoms with Crippen LogP contribution in [0.4, 0.5) is 0 Å². The quantitative estimate of drug-likeness (QED) is 0.177. The minimum absolute atomic E-state index is 0.0351. The van der Waals surface area contributed by atoms with Gasteiger partial charge in [0.05, 0.1) is 30.1 Å². The summed E-state index contributed by atoms with van der Waals surface area (Å²) in [5.74, 6) is 1.52. The Morgan fingerprint density at radius 1 is 0.622 bits per heavy atom. The largest absolute Gasteiger partial charge is 0.488 e. The van der Waals surface area contributed by atoms with Crippen LogP contribution in [-0.4, -0.2) is 48.3 Å². The lowest BCUT2D eigenvalue weighted by molar-refractivity contribution is -0.00330. The molecule has 2 aromatic rings. The molecule has 0 radical (unpaired) electrons. The van der Waals surface area contributed by atoms with E-state index in [4.69, 9.17) is 18.9 Å². The second kappa shape index (κ2) is 15.7. The number of benzene rings is 2. The maximum absolute atomic E-state index is 6.13. The van der Waals surface area contributed by atoms with Gasteiger partial charge in [-0.05, 0) is 127 Å². The van der Waals surface area contributed by atoms with Crippen LogP contribution in [-0.2, 0) is 14.9 Å². The molecule has 0 N–H and O–H groups in total. The van der Waals surface area contributed by atoms with Crippen molar-refractivity contribution in [1.82, 2.24) is 0 Å². The highest BCUT2D eigenvalue weighted by Crippen LogP contribution is 2.44. The van der Waals surface area contributed by atoms with Crippen LogP contribution in [0.25, 0.3) is 0 Å². The average Bonchev–Trinajstić information content (AvgIpc) is 2.80. The van der Waals surface area contributed by atoms with Gasteiger partial charge in [0, 0.05) is 16.1 Å². The first-order valence-corrected chi connectivity index (χ1v) is 17.4. The third kappa shape index (κ3) is 10.0. The van der Waals surface area contributed by atoms with Crippen LogP contribution in [0.15, 0.2) is 42.2 Å². The molecule has 0 bridgehead atoms. The standard InChI is InChI=1S/C27H34Br6O4/c1-15(2)36-19(11-28)13-34-25-21(30)7-17(8-22(25)31)27(5,6)18-9-23(32)26(24(33)10-18)35-14-20(12-29)37-16(3)4/h7-10,15-16,19-20H,11-14H2,1-6H3. The van der Waals surface area contributed by atoms with Crippen molar-refractivity contribution < 1.29 is 18.9 Å². The van der Waals surface area contributed by atoms with Crippen molar-refractivity contribution >= 4 is 95.6 Å². The molecule has 0 spiro atoms. The van der Waals surface area contributed by atoms with Crippen molar-refractivity contribution in [3.8, 4) is 11.5 Å². The number of halogens is 6. The second-order valence-corrected chi connectivity index (χ2v) is 14.4. The zero-order chi connectivity index (χ0) is 27.9. The van der Waals surface area contributed by atoms with E-state index in [2.05, 4.69) is 134 Å². The molecule has 2 unspecified atom stereocenters. The summed E-state index contributed by atoms with van der Waals surface area (Å²) >= 11 is 21.9. The summed E-state index contributed by atoms with van der Waals surface area (Å²) in [7, 11) is 0. The molecular formula is C27H34Br6O4. The van der Waals surface area contributed by atoms with Crippen LogP contribution < -0.4 is 9.47 Å². The van der Waals surface area contributed by atoms with E-state index in [-0.39, 0.29) is 29.8 Å². The summed E-state index contributed by atoms with van der Waals surface area (Å²) in [5.41, 5.74) is 1.96. The van der Waals surface area contributed by atoms with E-state index in [0.29, 0.717) is 23.9 Å². The molecule has 37 heavy (non-hydrogen) atoms.